The average molecular weight is 322 g/mol. The van der Waals surface area contributed by atoms with Gasteiger partial charge in [0.15, 0.2) is 0 Å². The topological polar surface area (TPSA) is 71.3 Å². The van der Waals surface area contributed by atoms with Crippen molar-refractivity contribution < 1.29 is 14.7 Å². The Morgan fingerprint density at radius 3 is 2.46 bits per heavy atom. The Balaban J connectivity index is 1.97. The Labute approximate surface area is 139 Å². The van der Waals surface area contributed by atoms with Crippen molar-refractivity contribution in [3.8, 4) is 0 Å². The summed E-state index contributed by atoms with van der Waals surface area (Å²) in [6, 6.07) is 16.6. The van der Waals surface area contributed by atoms with E-state index in [1.54, 1.807) is 6.20 Å². The van der Waals surface area contributed by atoms with E-state index in [0.29, 0.717) is 12.1 Å². The van der Waals surface area contributed by atoms with E-state index in [9.17, 15) is 9.59 Å². The van der Waals surface area contributed by atoms with Crippen LogP contribution < -0.4 is 5.32 Å². The van der Waals surface area contributed by atoms with Gasteiger partial charge in [-0.25, -0.2) is 0 Å². The molecule has 0 aliphatic rings. The zero-order valence-corrected chi connectivity index (χ0v) is 13.3. The third-order valence-corrected chi connectivity index (χ3v) is 3.95. The minimum Gasteiger partial charge on any atom is -0.480 e. The second-order valence-corrected chi connectivity index (χ2v) is 5.71. The number of hydrogen-bond donors (Lipinski definition) is 2. The van der Waals surface area contributed by atoms with Crippen LogP contribution in [0.25, 0.3) is 10.9 Å². The number of nitrogens with one attached hydrogen (secondary N) is 1. The van der Waals surface area contributed by atoms with Crippen LogP contribution in [0.15, 0.2) is 60.8 Å². The zero-order valence-electron chi connectivity index (χ0n) is 13.3. The summed E-state index contributed by atoms with van der Waals surface area (Å²) in [6.45, 7) is 2.09. The number of aliphatic carboxylic acids is 1. The van der Waals surface area contributed by atoms with Crippen molar-refractivity contribution in [2.45, 2.75) is 19.5 Å². The molecule has 0 radical (unpaired) electrons. The molecule has 0 saturated carbocycles. The number of nitrogens with zero attached hydrogens (tertiary/aromatic N) is 1. The quantitative estimate of drug-likeness (QED) is 0.759. The fourth-order valence-electron chi connectivity index (χ4n) is 2.67. The van der Waals surface area contributed by atoms with Gasteiger partial charge in [-0.3, -0.25) is 9.59 Å². The summed E-state index contributed by atoms with van der Waals surface area (Å²) in [5.74, 6) is -1.44. The number of carboxylic acid groups (broad SMARTS) is 1. The first-order chi connectivity index (χ1) is 11.6. The Hall–Kier alpha value is -3.08. The second-order valence-electron chi connectivity index (χ2n) is 5.71. The standard InChI is InChI=1S/C19H18N2O3/c1-13(19(23)24)20-18(22)16-12-21(11-14-7-3-2-4-8-14)17-10-6-5-9-15(16)17/h2-10,12-13H,11H2,1H3,(H,20,22)(H,23,24). The molecule has 1 amide bonds. The van der Waals surface area contributed by atoms with E-state index in [1.165, 1.54) is 6.92 Å². The van der Waals surface area contributed by atoms with Crippen LogP contribution >= 0.6 is 0 Å². The lowest BCUT2D eigenvalue weighted by Crippen LogP contribution is -2.38. The van der Waals surface area contributed by atoms with Gasteiger partial charge >= 0.3 is 5.97 Å². The number of para-hydroxylation sites is 1. The summed E-state index contributed by atoms with van der Waals surface area (Å²) in [4.78, 5) is 23.4. The lowest BCUT2D eigenvalue weighted by Gasteiger charge is -2.08. The number of fused-ring (bicyclic) bond motifs is 1. The van der Waals surface area contributed by atoms with Gasteiger partial charge in [-0.2, -0.15) is 0 Å². The second kappa shape index (κ2) is 6.58. The van der Waals surface area contributed by atoms with Crippen molar-refractivity contribution in [2.75, 3.05) is 0 Å². The highest BCUT2D eigenvalue weighted by Gasteiger charge is 2.19. The number of benzene rings is 2. The van der Waals surface area contributed by atoms with E-state index >= 15 is 0 Å². The van der Waals surface area contributed by atoms with Crippen LogP contribution in [0.3, 0.4) is 0 Å². The number of carbonyl (C=O) groups is 2. The van der Waals surface area contributed by atoms with Crippen molar-refractivity contribution >= 4 is 22.8 Å². The molecule has 24 heavy (non-hydrogen) atoms. The van der Waals surface area contributed by atoms with E-state index in [1.807, 2.05) is 59.2 Å². The highest BCUT2D eigenvalue weighted by Crippen LogP contribution is 2.22. The maximum absolute atomic E-state index is 12.5. The van der Waals surface area contributed by atoms with Crippen molar-refractivity contribution in [2.24, 2.45) is 0 Å². The normalized spacial score (nSPS) is 12.0. The summed E-state index contributed by atoms with van der Waals surface area (Å²) in [7, 11) is 0. The summed E-state index contributed by atoms with van der Waals surface area (Å²) in [6.07, 6.45) is 1.78. The molecule has 0 aliphatic heterocycles. The van der Waals surface area contributed by atoms with Crippen LogP contribution in [0.2, 0.25) is 0 Å². The summed E-state index contributed by atoms with van der Waals surface area (Å²) >= 11 is 0. The molecule has 1 atom stereocenters. The molecule has 3 rings (SSSR count). The highest BCUT2D eigenvalue weighted by atomic mass is 16.4. The predicted molar refractivity (Wildman–Crippen MR) is 92.0 cm³/mol. The lowest BCUT2D eigenvalue weighted by atomic mass is 10.1. The molecule has 0 aliphatic carbocycles. The number of carboxylic acids is 1. The minimum atomic E-state index is -1.06. The van der Waals surface area contributed by atoms with Gasteiger partial charge in [0.25, 0.3) is 5.91 Å². The Morgan fingerprint density at radius 2 is 1.75 bits per heavy atom. The summed E-state index contributed by atoms with van der Waals surface area (Å²) in [5.41, 5.74) is 2.55. The molecule has 2 aromatic carbocycles. The molecule has 5 nitrogen and oxygen atoms in total. The maximum Gasteiger partial charge on any atom is 0.325 e. The molecule has 2 N–H and O–H groups in total. The number of carbonyl (C=O) groups excluding carboxylic acids is 1. The fourth-order valence-corrected chi connectivity index (χ4v) is 2.67. The number of amides is 1. The van der Waals surface area contributed by atoms with Crippen molar-refractivity contribution in [3.05, 3.63) is 71.9 Å². The van der Waals surface area contributed by atoms with Crippen molar-refractivity contribution in [1.29, 1.82) is 0 Å². The first-order valence-corrected chi connectivity index (χ1v) is 7.71. The average Bonchev–Trinajstić information content (AvgIpc) is 2.94. The van der Waals surface area contributed by atoms with Gasteiger partial charge in [0, 0.05) is 23.6 Å². The van der Waals surface area contributed by atoms with Gasteiger partial charge in [0.05, 0.1) is 5.56 Å². The van der Waals surface area contributed by atoms with Crippen LogP contribution in [-0.4, -0.2) is 27.6 Å². The van der Waals surface area contributed by atoms with Gasteiger partial charge < -0.3 is 15.0 Å². The molecule has 1 unspecified atom stereocenters. The van der Waals surface area contributed by atoms with Crippen LogP contribution in [0.5, 0.6) is 0 Å². The molecule has 0 fully saturated rings. The lowest BCUT2D eigenvalue weighted by molar-refractivity contribution is -0.138. The molecular weight excluding hydrogens is 304 g/mol. The van der Waals surface area contributed by atoms with E-state index in [2.05, 4.69) is 5.32 Å². The Bertz CT molecular complexity index is 884. The third kappa shape index (κ3) is 3.15. The van der Waals surface area contributed by atoms with Crippen molar-refractivity contribution in [1.82, 2.24) is 9.88 Å². The number of aromatic nitrogens is 1. The van der Waals surface area contributed by atoms with Crippen LogP contribution in [0.4, 0.5) is 0 Å². The van der Waals surface area contributed by atoms with Crippen LogP contribution in [-0.2, 0) is 11.3 Å². The van der Waals surface area contributed by atoms with E-state index in [4.69, 9.17) is 5.11 Å². The van der Waals surface area contributed by atoms with Gasteiger partial charge in [0.2, 0.25) is 0 Å². The third-order valence-electron chi connectivity index (χ3n) is 3.95. The first-order valence-electron chi connectivity index (χ1n) is 7.71. The van der Waals surface area contributed by atoms with Crippen LogP contribution in [0, 0.1) is 0 Å². The number of rotatable bonds is 5. The van der Waals surface area contributed by atoms with E-state index in [0.717, 1.165) is 16.5 Å². The van der Waals surface area contributed by atoms with E-state index < -0.39 is 12.0 Å². The highest BCUT2D eigenvalue weighted by molar-refractivity contribution is 6.07. The molecule has 5 heteroatoms. The molecule has 1 heterocycles. The monoisotopic (exact) mass is 322 g/mol. The van der Waals surface area contributed by atoms with E-state index in [-0.39, 0.29) is 5.91 Å². The predicted octanol–water partition coefficient (Wildman–Crippen LogP) is 2.89. The Kier molecular flexibility index (Phi) is 4.33. The summed E-state index contributed by atoms with van der Waals surface area (Å²) in [5, 5.41) is 12.3. The fraction of sp³-hybridized carbons (Fsp3) is 0.158. The van der Waals surface area contributed by atoms with Crippen LogP contribution in [0.1, 0.15) is 22.8 Å². The number of hydrogen-bond acceptors (Lipinski definition) is 2. The van der Waals surface area contributed by atoms with Crippen molar-refractivity contribution in [3.63, 3.8) is 0 Å². The molecular formula is C19H18N2O3. The minimum absolute atomic E-state index is 0.382. The maximum atomic E-state index is 12.5. The molecule has 3 aromatic rings. The largest absolute Gasteiger partial charge is 0.480 e. The first kappa shape index (κ1) is 15.8. The van der Waals surface area contributed by atoms with Gasteiger partial charge in [0.1, 0.15) is 6.04 Å². The van der Waals surface area contributed by atoms with Gasteiger partial charge in [-0.1, -0.05) is 48.5 Å². The molecule has 0 bridgehead atoms. The molecule has 122 valence electrons. The van der Waals surface area contributed by atoms with Gasteiger partial charge in [-0.05, 0) is 18.6 Å². The Morgan fingerprint density at radius 1 is 1.08 bits per heavy atom. The molecule has 0 spiro atoms. The SMILES string of the molecule is CC(NC(=O)c1cn(Cc2ccccc2)c2ccccc12)C(=O)O. The molecule has 0 saturated heterocycles. The summed E-state index contributed by atoms with van der Waals surface area (Å²) < 4.78 is 2.00. The van der Waals surface area contributed by atoms with Gasteiger partial charge in [-0.15, -0.1) is 0 Å². The molecule has 1 aromatic heterocycles. The zero-order chi connectivity index (χ0) is 17.1. The smallest absolute Gasteiger partial charge is 0.325 e.